The van der Waals surface area contributed by atoms with E-state index in [1.807, 2.05) is 0 Å². The van der Waals surface area contributed by atoms with E-state index >= 15 is 0 Å². The van der Waals surface area contributed by atoms with E-state index < -0.39 is 0 Å². The molecular formula is C17H32N2. The molecule has 2 aliphatic heterocycles. The summed E-state index contributed by atoms with van der Waals surface area (Å²) >= 11 is 0. The Morgan fingerprint density at radius 1 is 1.00 bits per heavy atom. The molecule has 3 aliphatic rings. The van der Waals surface area contributed by atoms with Crippen LogP contribution in [0.25, 0.3) is 0 Å². The second kappa shape index (κ2) is 5.73. The van der Waals surface area contributed by atoms with Gasteiger partial charge in [-0.3, -0.25) is 4.90 Å². The summed E-state index contributed by atoms with van der Waals surface area (Å²) in [5.41, 5.74) is 0.618. The summed E-state index contributed by atoms with van der Waals surface area (Å²) in [5, 5.41) is 3.66. The molecule has 1 N–H and O–H groups in total. The first-order chi connectivity index (χ1) is 9.20. The Labute approximate surface area is 119 Å². The Morgan fingerprint density at radius 3 is 2.42 bits per heavy atom. The van der Waals surface area contributed by atoms with E-state index in [-0.39, 0.29) is 0 Å². The van der Waals surface area contributed by atoms with Gasteiger partial charge in [-0.1, -0.05) is 20.3 Å². The number of hydrogen-bond acceptors (Lipinski definition) is 2. The normalized spacial score (nSPS) is 45.5. The van der Waals surface area contributed by atoms with Crippen LogP contribution in [0.5, 0.6) is 0 Å². The van der Waals surface area contributed by atoms with Crippen molar-refractivity contribution in [1.29, 1.82) is 0 Å². The lowest BCUT2D eigenvalue weighted by Gasteiger charge is -2.51. The first kappa shape index (κ1) is 13.9. The van der Waals surface area contributed by atoms with Crippen molar-refractivity contribution < 1.29 is 0 Å². The second-order valence-corrected chi connectivity index (χ2v) is 7.73. The van der Waals surface area contributed by atoms with Gasteiger partial charge in [0.05, 0.1) is 0 Å². The summed E-state index contributed by atoms with van der Waals surface area (Å²) in [6.45, 7) is 10.3. The fourth-order valence-corrected chi connectivity index (χ4v) is 5.26. The lowest BCUT2D eigenvalue weighted by atomic mass is 9.71. The highest BCUT2D eigenvalue weighted by Gasteiger charge is 2.41. The topological polar surface area (TPSA) is 15.3 Å². The Bertz CT molecular complexity index is 280. The van der Waals surface area contributed by atoms with Crippen LogP contribution < -0.4 is 5.32 Å². The number of nitrogens with zero attached hydrogens (tertiary/aromatic N) is 1. The largest absolute Gasteiger partial charge is 0.316 e. The van der Waals surface area contributed by atoms with E-state index in [1.54, 1.807) is 0 Å². The molecule has 3 rings (SSSR count). The van der Waals surface area contributed by atoms with E-state index in [0.29, 0.717) is 5.41 Å². The molecule has 3 fully saturated rings. The van der Waals surface area contributed by atoms with Crippen molar-refractivity contribution in [2.75, 3.05) is 26.2 Å². The lowest BCUT2D eigenvalue weighted by Crippen LogP contribution is -2.56. The summed E-state index contributed by atoms with van der Waals surface area (Å²) in [5.74, 6) is 1.82. The van der Waals surface area contributed by atoms with E-state index in [9.17, 15) is 0 Å². The van der Waals surface area contributed by atoms with Crippen molar-refractivity contribution in [1.82, 2.24) is 10.2 Å². The quantitative estimate of drug-likeness (QED) is 0.782. The monoisotopic (exact) mass is 264 g/mol. The molecule has 2 heteroatoms. The summed E-state index contributed by atoms with van der Waals surface area (Å²) < 4.78 is 0. The highest BCUT2D eigenvalue weighted by Crippen LogP contribution is 2.40. The molecule has 2 saturated heterocycles. The molecule has 0 radical (unpaired) electrons. The average molecular weight is 264 g/mol. The standard InChI is InChI=1S/C17H32N2/c1-14-6-3-7-15(2)16(14)19-11-5-9-17(13-19)8-4-10-18-12-17/h14-16,18H,3-13H2,1-2H3. The van der Waals surface area contributed by atoms with Gasteiger partial charge in [0.15, 0.2) is 0 Å². The smallest absolute Gasteiger partial charge is 0.0147 e. The molecule has 0 aromatic carbocycles. The van der Waals surface area contributed by atoms with Gasteiger partial charge in [0.25, 0.3) is 0 Å². The van der Waals surface area contributed by atoms with Gasteiger partial charge in [-0.15, -0.1) is 0 Å². The molecule has 1 aliphatic carbocycles. The van der Waals surface area contributed by atoms with Gasteiger partial charge < -0.3 is 5.32 Å². The molecule has 3 atom stereocenters. The Hall–Kier alpha value is -0.0800. The van der Waals surface area contributed by atoms with Gasteiger partial charge >= 0.3 is 0 Å². The predicted octanol–water partition coefficient (Wildman–Crippen LogP) is 3.28. The summed E-state index contributed by atoms with van der Waals surface area (Å²) in [6.07, 6.45) is 10.1. The van der Waals surface area contributed by atoms with Crippen LogP contribution in [0.15, 0.2) is 0 Å². The van der Waals surface area contributed by atoms with Crippen LogP contribution in [0.3, 0.4) is 0 Å². The van der Waals surface area contributed by atoms with Crippen molar-refractivity contribution in [2.24, 2.45) is 17.3 Å². The van der Waals surface area contributed by atoms with Crippen LogP contribution in [0.2, 0.25) is 0 Å². The lowest BCUT2D eigenvalue weighted by molar-refractivity contribution is -0.01000. The fraction of sp³-hybridized carbons (Fsp3) is 1.00. The van der Waals surface area contributed by atoms with Gasteiger partial charge in [-0.05, 0) is 68.9 Å². The van der Waals surface area contributed by atoms with E-state index in [4.69, 9.17) is 0 Å². The van der Waals surface area contributed by atoms with Gasteiger partial charge in [0.1, 0.15) is 0 Å². The minimum absolute atomic E-state index is 0.618. The number of rotatable bonds is 1. The van der Waals surface area contributed by atoms with Crippen LogP contribution >= 0.6 is 0 Å². The van der Waals surface area contributed by atoms with Gasteiger partial charge in [-0.25, -0.2) is 0 Å². The van der Waals surface area contributed by atoms with Gasteiger partial charge in [0, 0.05) is 19.1 Å². The van der Waals surface area contributed by atoms with Crippen LogP contribution in [0.1, 0.15) is 58.8 Å². The highest BCUT2D eigenvalue weighted by atomic mass is 15.2. The zero-order chi connectivity index (χ0) is 13.3. The van der Waals surface area contributed by atoms with Crippen LogP contribution in [0.4, 0.5) is 0 Å². The maximum absolute atomic E-state index is 3.66. The minimum atomic E-state index is 0.618. The molecule has 2 nitrogen and oxygen atoms in total. The van der Waals surface area contributed by atoms with Crippen LogP contribution in [0, 0.1) is 17.3 Å². The Kier molecular flexibility index (Phi) is 4.19. The van der Waals surface area contributed by atoms with Crippen molar-refractivity contribution in [3.05, 3.63) is 0 Å². The summed E-state index contributed by atoms with van der Waals surface area (Å²) in [6, 6.07) is 0.868. The maximum Gasteiger partial charge on any atom is 0.0147 e. The third kappa shape index (κ3) is 2.85. The first-order valence-electron chi connectivity index (χ1n) is 8.65. The van der Waals surface area contributed by atoms with Crippen molar-refractivity contribution in [3.63, 3.8) is 0 Å². The number of hydrogen-bond donors (Lipinski definition) is 1. The Balaban J connectivity index is 1.69. The zero-order valence-corrected chi connectivity index (χ0v) is 13.0. The van der Waals surface area contributed by atoms with Crippen LogP contribution in [-0.4, -0.2) is 37.1 Å². The second-order valence-electron chi connectivity index (χ2n) is 7.73. The van der Waals surface area contributed by atoms with Gasteiger partial charge in [-0.2, -0.15) is 0 Å². The molecule has 19 heavy (non-hydrogen) atoms. The average Bonchev–Trinajstić information content (AvgIpc) is 2.39. The molecule has 3 unspecified atom stereocenters. The fourth-order valence-electron chi connectivity index (χ4n) is 5.26. The number of piperidine rings is 2. The third-order valence-corrected chi connectivity index (χ3v) is 6.16. The molecule has 0 aromatic heterocycles. The highest BCUT2D eigenvalue weighted by molar-refractivity contribution is 4.96. The summed E-state index contributed by atoms with van der Waals surface area (Å²) in [7, 11) is 0. The molecule has 110 valence electrons. The molecule has 0 aromatic rings. The van der Waals surface area contributed by atoms with Gasteiger partial charge in [0.2, 0.25) is 0 Å². The first-order valence-corrected chi connectivity index (χ1v) is 8.65. The number of nitrogens with one attached hydrogen (secondary N) is 1. The molecule has 1 saturated carbocycles. The SMILES string of the molecule is CC1CCCC(C)C1N1CCCC2(CCCNC2)C1. The molecule has 0 bridgehead atoms. The van der Waals surface area contributed by atoms with Crippen LogP contribution in [-0.2, 0) is 0 Å². The third-order valence-electron chi connectivity index (χ3n) is 6.16. The molecular weight excluding hydrogens is 232 g/mol. The van der Waals surface area contributed by atoms with Crippen molar-refractivity contribution in [2.45, 2.75) is 64.8 Å². The minimum Gasteiger partial charge on any atom is -0.316 e. The predicted molar refractivity (Wildman–Crippen MR) is 81.3 cm³/mol. The number of likely N-dealkylation sites (tertiary alicyclic amines) is 1. The van der Waals surface area contributed by atoms with E-state index in [1.165, 1.54) is 71.1 Å². The maximum atomic E-state index is 3.66. The molecule has 0 amide bonds. The Morgan fingerprint density at radius 2 is 1.74 bits per heavy atom. The van der Waals surface area contributed by atoms with Crippen molar-refractivity contribution in [3.8, 4) is 0 Å². The van der Waals surface area contributed by atoms with E-state index in [2.05, 4.69) is 24.1 Å². The van der Waals surface area contributed by atoms with E-state index in [0.717, 1.165) is 17.9 Å². The zero-order valence-electron chi connectivity index (χ0n) is 13.0. The molecule has 2 heterocycles. The summed E-state index contributed by atoms with van der Waals surface area (Å²) in [4.78, 5) is 2.89. The molecule has 1 spiro atoms. The van der Waals surface area contributed by atoms with Crippen molar-refractivity contribution >= 4 is 0 Å².